The lowest BCUT2D eigenvalue weighted by molar-refractivity contribution is 0.0705. The number of piperidine rings is 1. The number of benzene rings is 1. The molecule has 25 heavy (non-hydrogen) atoms. The van der Waals surface area contributed by atoms with Crippen LogP contribution in [0.5, 0.6) is 5.75 Å². The minimum Gasteiger partial charge on any atom is -0.491 e. The fraction of sp³-hybridized carbons (Fsp3) is 0.650. The smallest absolute Gasteiger partial charge is 0.253 e. The Balaban J connectivity index is 0.00000225. The number of nitrogens with zero attached hydrogens (tertiary/aromatic N) is 1. The van der Waals surface area contributed by atoms with Crippen molar-refractivity contribution in [3.63, 3.8) is 0 Å². The predicted octanol–water partition coefficient (Wildman–Crippen LogP) is 3.89. The highest BCUT2D eigenvalue weighted by Gasteiger charge is 2.26. The summed E-state index contributed by atoms with van der Waals surface area (Å²) in [4.78, 5) is 14.6. The van der Waals surface area contributed by atoms with E-state index in [9.17, 15) is 4.79 Å². The van der Waals surface area contributed by atoms with E-state index in [0.717, 1.165) is 56.1 Å². The Morgan fingerprint density at radius 3 is 2.40 bits per heavy atom. The van der Waals surface area contributed by atoms with Gasteiger partial charge in [-0.25, -0.2) is 0 Å². The van der Waals surface area contributed by atoms with E-state index in [1.807, 2.05) is 29.2 Å². The Morgan fingerprint density at radius 1 is 1.20 bits per heavy atom. The maximum absolute atomic E-state index is 12.6. The lowest BCUT2D eigenvalue weighted by Crippen LogP contribution is -2.45. The summed E-state index contributed by atoms with van der Waals surface area (Å²) in [6.07, 6.45) is 6.09. The van der Waals surface area contributed by atoms with Crippen molar-refractivity contribution in [1.82, 2.24) is 10.2 Å². The second-order valence-corrected chi connectivity index (χ2v) is 7.28. The standard InChI is InChI=1S/C20H30N2O2.ClH/c1-3-15(2)24-19-8-6-17(7-9-19)20(23)22-12-10-18(11-13-22)21-14-16-4-5-16;/h6-9,15-16,18,21H,3-5,10-14H2,1-2H3;1H. The lowest BCUT2D eigenvalue weighted by atomic mass is 10.0. The summed E-state index contributed by atoms with van der Waals surface area (Å²) >= 11 is 0. The van der Waals surface area contributed by atoms with Gasteiger partial charge >= 0.3 is 0 Å². The molecule has 1 aliphatic heterocycles. The maximum Gasteiger partial charge on any atom is 0.253 e. The molecule has 2 aliphatic rings. The van der Waals surface area contributed by atoms with Gasteiger partial charge < -0.3 is 15.0 Å². The average molecular weight is 367 g/mol. The molecule has 0 spiro atoms. The van der Waals surface area contributed by atoms with E-state index in [1.165, 1.54) is 12.8 Å². The molecule has 3 rings (SSSR count). The SMILES string of the molecule is CCC(C)Oc1ccc(C(=O)N2CCC(NCC3CC3)CC2)cc1.Cl. The Morgan fingerprint density at radius 2 is 1.84 bits per heavy atom. The van der Waals surface area contributed by atoms with Crippen molar-refractivity contribution in [2.24, 2.45) is 5.92 Å². The van der Waals surface area contributed by atoms with Gasteiger partial charge in [0.2, 0.25) is 0 Å². The first-order valence-corrected chi connectivity index (χ1v) is 9.45. The third kappa shape index (κ3) is 5.89. The van der Waals surface area contributed by atoms with Gasteiger partial charge in [-0.15, -0.1) is 12.4 Å². The molecule has 1 atom stereocenters. The van der Waals surface area contributed by atoms with Crippen molar-refractivity contribution < 1.29 is 9.53 Å². The minimum atomic E-state index is 0. The summed E-state index contributed by atoms with van der Waals surface area (Å²) in [5.41, 5.74) is 0.760. The van der Waals surface area contributed by atoms with Gasteiger partial charge in [0.25, 0.3) is 5.91 Å². The predicted molar refractivity (Wildman–Crippen MR) is 104 cm³/mol. The number of hydrogen-bond acceptors (Lipinski definition) is 3. The van der Waals surface area contributed by atoms with Gasteiger partial charge in [-0.05, 0) is 75.8 Å². The first kappa shape index (κ1) is 20.1. The average Bonchev–Trinajstić information content (AvgIpc) is 3.45. The number of carbonyl (C=O) groups is 1. The zero-order valence-corrected chi connectivity index (χ0v) is 16.2. The van der Waals surface area contributed by atoms with E-state index in [4.69, 9.17) is 4.74 Å². The number of rotatable bonds is 7. The highest BCUT2D eigenvalue weighted by atomic mass is 35.5. The van der Waals surface area contributed by atoms with E-state index >= 15 is 0 Å². The quantitative estimate of drug-likeness (QED) is 0.795. The van der Waals surface area contributed by atoms with Gasteiger partial charge in [0.05, 0.1) is 6.10 Å². The van der Waals surface area contributed by atoms with Crippen LogP contribution in [0.2, 0.25) is 0 Å². The van der Waals surface area contributed by atoms with Gasteiger partial charge in [0.15, 0.2) is 0 Å². The van der Waals surface area contributed by atoms with Crippen LogP contribution in [0.25, 0.3) is 0 Å². The molecular formula is C20H31ClN2O2. The maximum atomic E-state index is 12.6. The van der Waals surface area contributed by atoms with Crippen molar-refractivity contribution in [3.8, 4) is 5.75 Å². The van der Waals surface area contributed by atoms with E-state index in [0.29, 0.717) is 6.04 Å². The summed E-state index contributed by atoms with van der Waals surface area (Å²) < 4.78 is 5.78. The first-order chi connectivity index (χ1) is 11.7. The van der Waals surface area contributed by atoms with Gasteiger partial charge in [0, 0.05) is 24.7 Å². The zero-order valence-electron chi connectivity index (χ0n) is 15.4. The molecule has 1 saturated carbocycles. The topological polar surface area (TPSA) is 41.6 Å². The van der Waals surface area contributed by atoms with Crippen molar-refractivity contribution in [2.45, 2.75) is 58.1 Å². The Hall–Kier alpha value is -1.26. The number of ether oxygens (including phenoxy) is 1. The van der Waals surface area contributed by atoms with E-state index in [-0.39, 0.29) is 24.4 Å². The lowest BCUT2D eigenvalue weighted by Gasteiger charge is -2.32. The third-order valence-electron chi connectivity index (χ3n) is 5.19. The molecule has 0 aromatic heterocycles. The van der Waals surface area contributed by atoms with E-state index in [1.54, 1.807) is 0 Å². The summed E-state index contributed by atoms with van der Waals surface area (Å²) in [5, 5.41) is 3.66. The van der Waals surface area contributed by atoms with Crippen molar-refractivity contribution in [3.05, 3.63) is 29.8 Å². The molecule has 1 saturated heterocycles. The Labute approximate surface area is 157 Å². The monoisotopic (exact) mass is 366 g/mol. The van der Waals surface area contributed by atoms with Crippen LogP contribution in [-0.2, 0) is 0 Å². The van der Waals surface area contributed by atoms with Gasteiger partial charge in [-0.2, -0.15) is 0 Å². The number of carbonyl (C=O) groups excluding carboxylic acids is 1. The number of nitrogens with one attached hydrogen (secondary N) is 1. The summed E-state index contributed by atoms with van der Waals surface area (Å²) in [6, 6.07) is 8.17. The molecule has 0 bridgehead atoms. The number of amides is 1. The molecule has 5 heteroatoms. The molecular weight excluding hydrogens is 336 g/mol. The molecule has 4 nitrogen and oxygen atoms in total. The summed E-state index contributed by atoms with van der Waals surface area (Å²) in [6.45, 7) is 7.03. The molecule has 1 amide bonds. The van der Waals surface area contributed by atoms with E-state index in [2.05, 4.69) is 19.2 Å². The van der Waals surface area contributed by atoms with Crippen LogP contribution in [0.4, 0.5) is 0 Å². The molecule has 1 aliphatic carbocycles. The third-order valence-corrected chi connectivity index (χ3v) is 5.19. The largest absolute Gasteiger partial charge is 0.491 e. The van der Waals surface area contributed by atoms with Crippen LogP contribution in [0.1, 0.15) is 56.3 Å². The minimum absolute atomic E-state index is 0. The second kappa shape index (κ2) is 9.44. The first-order valence-electron chi connectivity index (χ1n) is 9.45. The fourth-order valence-electron chi connectivity index (χ4n) is 3.12. The van der Waals surface area contributed by atoms with Crippen LogP contribution in [0.3, 0.4) is 0 Å². The molecule has 0 radical (unpaired) electrons. The molecule has 140 valence electrons. The molecule has 1 heterocycles. The van der Waals surface area contributed by atoms with Crippen LogP contribution in [0.15, 0.2) is 24.3 Å². The number of likely N-dealkylation sites (tertiary alicyclic amines) is 1. The normalized spacial score (nSPS) is 19.2. The van der Waals surface area contributed by atoms with Crippen LogP contribution < -0.4 is 10.1 Å². The Bertz CT molecular complexity index is 537. The van der Waals surface area contributed by atoms with Gasteiger partial charge in [-0.1, -0.05) is 6.92 Å². The Kier molecular flexibility index (Phi) is 7.57. The van der Waals surface area contributed by atoms with E-state index < -0.39 is 0 Å². The van der Waals surface area contributed by atoms with Crippen molar-refractivity contribution in [2.75, 3.05) is 19.6 Å². The number of halogens is 1. The highest BCUT2D eigenvalue weighted by molar-refractivity contribution is 5.94. The summed E-state index contributed by atoms with van der Waals surface area (Å²) in [7, 11) is 0. The molecule has 2 fully saturated rings. The highest BCUT2D eigenvalue weighted by Crippen LogP contribution is 2.28. The van der Waals surface area contributed by atoms with Gasteiger partial charge in [0.1, 0.15) is 5.75 Å². The van der Waals surface area contributed by atoms with Crippen LogP contribution in [-0.4, -0.2) is 42.6 Å². The number of hydrogen-bond donors (Lipinski definition) is 1. The van der Waals surface area contributed by atoms with Crippen molar-refractivity contribution >= 4 is 18.3 Å². The van der Waals surface area contributed by atoms with Crippen molar-refractivity contribution in [1.29, 1.82) is 0 Å². The zero-order chi connectivity index (χ0) is 16.9. The fourth-order valence-corrected chi connectivity index (χ4v) is 3.12. The van der Waals surface area contributed by atoms with Crippen LogP contribution in [0, 0.1) is 5.92 Å². The second-order valence-electron chi connectivity index (χ2n) is 7.28. The summed E-state index contributed by atoms with van der Waals surface area (Å²) in [5.74, 6) is 1.90. The van der Waals surface area contributed by atoms with Gasteiger partial charge in [-0.3, -0.25) is 4.79 Å². The molecule has 1 aromatic rings. The molecule has 1 N–H and O–H groups in total. The molecule has 1 unspecified atom stereocenters. The van der Waals surface area contributed by atoms with Crippen LogP contribution >= 0.6 is 12.4 Å². The molecule has 1 aromatic carbocycles.